The number of fused-ring (bicyclic) bond motifs is 3. The molecule has 0 aromatic heterocycles. The molecule has 3 aliphatic rings. The van der Waals surface area contributed by atoms with Gasteiger partial charge in [0.15, 0.2) is 17.2 Å². The number of carbonyl (C=O) groups is 2. The van der Waals surface area contributed by atoms with Crippen LogP contribution in [-0.4, -0.2) is 37.6 Å². The SMILES string of the molecule is C=C1C(C(C)=O)=C(O)C[C@@]2(C)C[C@@]3(C)Cc4c(C(C)C)cc(CCCC(C)C)c(O)c4C(=O)C3=C(O)[C@@]12O. The first-order valence-corrected chi connectivity index (χ1v) is 13.7. The molecule has 3 atom stereocenters. The quantitative estimate of drug-likeness (QED) is 0.337. The molecule has 6 nitrogen and oxygen atoms in total. The summed E-state index contributed by atoms with van der Waals surface area (Å²) in [6.45, 7) is 17.3. The van der Waals surface area contributed by atoms with Gasteiger partial charge in [0.1, 0.15) is 17.3 Å². The van der Waals surface area contributed by atoms with Crippen LogP contribution in [0.3, 0.4) is 0 Å². The van der Waals surface area contributed by atoms with Gasteiger partial charge < -0.3 is 20.4 Å². The number of carbonyl (C=O) groups excluding carboxylic acids is 2. The fourth-order valence-corrected chi connectivity index (χ4v) is 7.44. The Morgan fingerprint density at radius 3 is 2.29 bits per heavy atom. The summed E-state index contributed by atoms with van der Waals surface area (Å²) >= 11 is 0. The lowest BCUT2D eigenvalue weighted by molar-refractivity contribution is -0.116. The summed E-state index contributed by atoms with van der Waals surface area (Å²) in [4.78, 5) is 26.6. The Morgan fingerprint density at radius 1 is 1.11 bits per heavy atom. The lowest BCUT2D eigenvalue weighted by Gasteiger charge is -2.57. The largest absolute Gasteiger partial charge is 0.512 e. The summed E-state index contributed by atoms with van der Waals surface area (Å²) in [6, 6.07) is 2.03. The fourth-order valence-electron chi connectivity index (χ4n) is 7.44. The van der Waals surface area contributed by atoms with Crippen LogP contribution in [0.1, 0.15) is 107 Å². The molecule has 1 aromatic carbocycles. The van der Waals surface area contributed by atoms with E-state index in [-0.39, 0.29) is 52.6 Å². The summed E-state index contributed by atoms with van der Waals surface area (Å²) < 4.78 is 0. The highest BCUT2D eigenvalue weighted by molar-refractivity contribution is 6.14. The molecule has 4 rings (SSSR count). The molecule has 0 aliphatic heterocycles. The van der Waals surface area contributed by atoms with Crippen LogP contribution in [0.5, 0.6) is 5.75 Å². The van der Waals surface area contributed by atoms with Crippen molar-refractivity contribution < 1.29 is 30.0 Å². The van der Waals surface area contributed by atoms with Crippen LogP contribution in [0.25, 0.3) is 0 Å². The van der Waals surface area contributed by atoms with Crippen LogP contribution >= 0.6 is 0 Å². The van der Waals surface area contributed by atoms with Gasteiger partial charge in [0, 0.05) is 22.8 Å². The van der Waals surface area contributed by atoms with Gasteiger partial charge >= 0.3 is 0 Å². The van der Waals surface area contributed by atoms with E-state index in [1.54, 1.807) is 6.92 Å². The number of benzene rings is 1. The zero-order chi connectivity index (χ0) is 28.5. The molecule has 4 N–H and O–H groups in total. The number of hydrogen-bond acceptors (Lipinski definition) is 6. The average molecular weight is 523 g/mol. The van der Waals surface area contributed by atoms with Crippen molar-refractivity contribution in [3.63, 3.8) is 0 Å². The monoisotopic (exact) mass is 522 g/mol. The topological polar surface area (TPSA) is 115 Å². The molecule has 0 bridgehead atoms. The highest BCUT2D eigenvalue weighted by atomic mass is 16.3. The molecule has 0 spiro atoms. The van der Waals surface area contributed by atoms with Crippen molar-refractivity contribution in [2.75, 3.05) is 0 Å². The van der Waals surface area contributed by atoms with E-state index in [9.17, 15) is 30.0 Å². The van der Waals surface area contributed by atoms with Crippen molar-refractivity contribution in [1.82, 2.24) is 0 Å². The summed E-state index contributed by atoms with van der Waals surface area (Å²) in [7, 11) is 0. The summed E-state index contributed by atoms with van der Waals surface area (Å²) in [6.07, 6.45) is 3.13. The van der Waals surface area contributed by atoms with E-state index in [2.05, 4.69) is 34.3 Å². The van der Waals surface area contributed by atoms with E-state index >= 15 is 0 Å². The van der Waals surface area contributed by atoms with Crippen molar-refractivity contribution in [3.05, 3.63) is 63.1 Å². The van der Waals surface area contributed by atoms with Crippen LogP contribution in [0, 0.1) is 16.7 Å². The zero-order valence-electron chi connectivity index (χ0n) is 23.8. The van der Waals surface area contributed by atoms with Crippen LogP contribution in [-0.2, 0) is 17.6 Å². The third kappa shape index (κ3) is 3.86. The maximum absolute atomic E-state index is 14.3. The second kappa shape index (κ2) is 9.11. The lowest BCUT2D eigenvalue weighted by atomic mass is 9.47. The zero-order valence-corrected chi connectivity index (χ0v) is 23.8. The smallest absolute Gasteiger partial charge is 0.197 e. The molecule has 0 amide bonds. The number of ketones is 2. The number of allylic oxidation sites excluding steroid dienone is 2. The molecule has 1 aromatic rings. The molecule has 38 heavy (non-hydrogen) atoms. The Hall–Kier alpha value is -2.86. The molecule has 0 heterocycles. The van der Waals surface area contributed by atoms with E-state index < -0.39 is 33.8 Å². The minimum atomic E-state index is -2.10. The van der Waals surface area contributed by atoms with Gasteiger partial charge in [0.25, 0.3) is 0 Å². The third-order valence-corrected chi connectivity index (χ3v) is 9.17. The number of Topliss-reactive ketones (excluding diaryl/α,β-unsaturated/α-hetero) is 2. The van der Waals surface area contributed by atoms with Gasteiger partial charge in [-0.3, -0.25) is 9.59 Å². The van der Waals surface area contributed by atoms with Crippen LogP contribution < -0.4 is 0 Å². The maximum Gasteiger partial charge on any atom is 0.197 e. The summed E-state index contributed by atoms with van der Waals surface area (Å²) in [5.41, 5.74) is -1.52. The van der Waals surface area contributed by atoms with E-state index in [0.29, 0.717) is 18.8 Å². The third-order valence-electron chi connectivity index (χ3n) is 9.17. The number of hydrogen-bond donors (Lipinski definition) is 4. The molecule has 206 valence electrons. The minimum absolute atomic E-state index is 0.0392. The summed E-state index contributed by atoms with van der Waals surface area (Å²) in [5.74, 6) is -1.08. The van der Waals surface area contributed by atoms with Crippen molar-refractivity contribution in [2.24, 2.45) is 16.7 Å². The van der Waals surface area contributed by atoms with Crippen LogP contribution in [0.15, 0.2) is 40.9 Å². The van der Waals surface area contributed by atoms with E-state index in [1.807, 2.05) is 13.0 Å². The minimum Gasteiger partial charge on any atom is -0.512 e. The van der Waals surface area contributed by atoms with Crippen LogP contribution in [0.2, 0.25) is 0 Å². The molecule has 0 unspecified atom stereocenters. The number of phenolic OH excluding ortho intramolecular Hbond substituents is 1. The normalized spacial score (nSPS) is 29.1. The van der Waals surface area contributed by atoms with E-state index in [0.717, 1.165) is 29.5 Å². The predicted octanol–water partition coefficient (Wildman–Crippen LogP) is 6.55. The number of aliphatic hydroxyl groups is 3. The van der Waals surface area contributed by atoms with Gasteiger partial charge in [-0.2, -0.15) is 0 Å². The Kier molecular flexibility index (Phi) is 6.75. The Morgan fingerprint density at radius 2 is 1.74 bits per heavy atom. The standard InChI is InChI=1S/C32H42O6/c1-16(2)10-9-11-20-12-21(17(3)4)22-13-30(7)15-31(8)14-23(34)24(19(6)33)18(5)32(31,38)29(37)26(30)28(36)25(22)27(20)35/h12,16-17,34-35,37-38H,5,9-11,13-15H2,1-4,6-8H3/t30-,31+,32+/m1/s1. The average Bonchev–Trinajstić information content (AvgIpc) is 2.76. The highest BCUT2D eigenvalue weighted by Crippen LogP contribution is 2.64. The number of rotatable bonds is 6. The molecule has 6 heteroatoms. The number of aliphatic hydroxyl groups excluding tert-OH is 2. The van der Waals surface area contributed by atoms with E-state index in [4.69, 9.17) is 0 Å². The highest BCUT2D eigenvalue weighted by Gasteiger charge is 2.65. The second-order valence-electron chi connectivity index (χ2n) is 13.0. The molecule has 3 aliphatic carbocycles. The van der Waals surface area contributed by atoms with Gasteiger partial charge in [-0.25, -0.2) is 0 Å². The predicted molar refractivity (Wildman–Crippen MR) is 148 cm³/mol. The van der Waals surface area contributed by atoms with Gasteiger partial charge in [-0.05, 0) is 66.7 Å². The first-order valence-electron chi connectivity index (χ1n) is 13.7. The maximum atomic E-state index is 14.3. The van der Waals surface area contributed by atoms with E-state index in [1.165, 1.54) is 6.92 Å². The van der Waals surface area contributed by atoms with Crippen LogP contribution in [0.4, 0.5) is 0 Å². The molecule has 0 fully saturated rings. The Bertz CT molecular complexity index is 1310. The fraction of sp³-hybridized carbons (Fsp3) is 0.562. The number of aryl methyl sites for hydroxylation is 1. The molecule has 0 saturated heterocycles. The van der Waals surface area contributed by atoms with Crippen molar-refractivity contribution >= 4 is 11.6 Å². The van der Waals surface area contributed by atoms with Crippen molar-refractivity contribution in [1.29, 1.82) is 0 Å². The second-order valence-corrected chi connectivity index (χ2v) is 13.0. The number of aromatic hydroxyl groups is 1. The summed E-state index contributed by atoms with van der Waals surface area (Å²) in [5, 5.41) is 46.0. The van der Waals surface area contributed by atoms with Gasteiger partial charge in [0.2, 0.25) is 0 Å². The molecule has 0 radical (unpaired) electrons. The van der Waals surface area contributed by atoms with Gasteiger partial charge in [-0.1, -0.05) is 60.6 Å². The molecule has 0 saturated carbocycles. The molecular weight excluding hydrogens is 480 g/mol. The van der Waals surface area contributed by atoms with Gasteiger partial charge in [0.05, 0.1) is 11.1 Å². The Labute approximate surface area is 225 Å². The van der Waals surface area contributed by atoms with Gasteiger partial charge in [-0.15, -0.1) is 0 Å². The first-order chi connectivity index (χ1) is 17.5. The van der Waals surface area contributed by atoms with Crippen molar-refractivity contribution in [3.8, 4) is 5.75 Å². The molecular formula is C32H42O6. The number of phenols is 1. The Balaban J connectivity index is 1.95. The van der Waals surface area contributed by atoms with Crippen molar-refractivity contribution in [2.45, 2.75) is 98.5 Å². The lowest BCUT2D eigenvalue weighted by Crippen LogP contribution is -2.60. The first kappa shape index (κ1) is 28.2.